The first-order valence-corrected chi connectivity index (χ1v) is 8.95. The van der Waals surface area contributed by atoms with E-state index in [1.54, 1.807) is 0 Å². The van der Waals surface area contributed by atoms with Crippen molar-refractivity contribution >= 4 is 15.9 Å². The zero-order chi connectivity index (χ0) is 15.2. The van der Waals surface area contributed by atoms with Gasteiger partial charge < -0.3 is 4.98 Å². The normalized spacial score (nSPS) is 26.9. The smallest absolute Gasteiger partial charge is 0.265 e. The molecule has 0 saturated heterocycles. The van der Waals surface area contributed by atoms with E-state index in [9.17, 15) is 4.79 Å². The molecule has 1 aromatic rings. The average molecular weight is 353 g/mol. The molecule has 21 heavy (non-hydrogen) atoms. The lowest BCUT2D eigenvalue weighted by atomic mass is 9.69. The fraction of sp³-hybridized carbons (Fsp3) is 0.765. The molecule has 0 amide bonds. The van der Waals surface area contributed by atoms with Gasteiger partial charge in [-0.05, 0) is 65.8 Å². The molecular formula is C17H25BrN2O. The Hall–Kier alpha value is -0.640. The minimum atomic E-state index is -0.000144. The summed E-state index contributed by atoms with van der Waals surface area (Å²) in [7, 11) is 0. The molecule has 0 radical (unpaired) electrons. The highest BCUT2D eigenvalue weighted by atomic mass is 79.9. The van der Waals surface area contributed by atoms with Gasteiger partial charge in [0.25, 0.3) is 5.56 Å². The Labute approximate surface area is 135 Å². The number of aromatic amines is 1. The molecule has 4 heteroatoms. The van der Waals surface area contributed by atoms with E-state index in [0.717, 1.165) is 30.3 Å². The van der Waals surface area contributed by atoms with Crippen molar-refractivity contribution in [2.75, 3.05) is 0 Å². The van der Waals surface area contributed by atoms with Gasteiger partial charge in [0.1, 0.15) is 10.3 Å². The summed E-state index contributed by atoms with van der Waals surface area (Å²) in [6, 6.07) is 0. The van der Waals surface area contributed by atoms with Gasteiger partial charge >= 0.3 is 0 Å². The molecule has 2 aliphatic rings. The van der Waals surface area contributed by atoms with E-state index in [0.29, 0.717) is 21.7 Å². The summed E-state index contributed by atoms with van der Waals surface area (Å²) in [4.78, 5) is 19.9. The van der Waals surface area contributed by atoms with Gasteiger partial charge in [0.2, 0.25) is 0 Å². The third-order valence-corrected chi connectivity index (χ3v) is 5.98. The van der Waals surface area contributed by atoms with Gasteiger partial charge in [0.05, 0.1) is 5.69 Å². The Morgan fingerprint density at radius 3 is 2.14 bits per heavy atom. The fourth-order valence-electron chi connectivity index (χ4n) is 3.55. The summed E-state index contributed by atoms with van der Waals surface area (Å²) in [5.41, 5.74) is 1.39. The molecule has 0 aliphatic heterocycles. The molecule has 3 nitrogen and oxygen atoms in total. The first-order valence-electron chi connectivity index (χ1n) is 8.16. The van der Waals surface area contributed by atoms with Crippen molar-refractivity contribution in [3.8, 4) is 0 Å². The van der Waals surface area contributed by atoms with Gasteiger partial charge in [-0.3, -0.25) is 4.79 Å². The number of aromatic nitrogens is 2. The predicted molar refractivity (Wildman–Crippen MR) is 88.7 cm³/mol. The summed E-state index contributed by atoms with van der Waals surface area (Å²) < 4.78 is 0.650. The molecule has 0 aromatic carbocycles. The van der Waals surface area contributed by atoms with E-state index in [-0.39, 0.29) is 5.56 Å². The Bertz CT molecular complexity index is 575. The predicted octanol–water partition coefficient (Wildman–Crippen LogP) is 4.73. The summed E-state index contributed by atoms with van der Waals surface area (Å²) in [5.74, 6) is 2.66. The molecule has 2 saturated carbocycles. The van der Waals surface area contributed by atoms with Gasteiger partial charge in [0, 0.05) is 11.8 Å². The van der Waals surface area contributed by atoms with Crippen LogP contribution < -0.4 is 5.56 Å². The fourth-order valence-corrected chi connectivity index (χ4v) is 4.06. The summed E-state index contributed by atoms with van der Waals surface area (Å²) in [6.07, 6.45) is 7.13. The van der Waals surface area contributed by atoms with E-state index in [2.05, 4.69) is 41.7 Å². The number of nitrogens with zero attached hydrogens (tertiary/aromatic N) is 1. The van der Waals surface area contributed by atoms with Gasteiger partial charge in [-0.25, -0.2) is 4.98 Å². The second-order valence-electron chi connectivity index (χ2n) is 7.84. The van der Waals surface area contributed by atoms with E-state index in [1.165, 1.54) is 25.7 Å². The maximum atomic E-state index is 12.1. The molecule has 1 N–H and O–H groups in total. The van der Waals surface area contributed by atoms with E-state index in [4.69, 9.17) is 4.98 Å². The Morgan fingerprint density at radius 1 is 1.05 bits per heavy atom. The average Bonchev–Trinajstić information content (AvgIpc) is 3.25. The van der Waals surface area contributed by atoms with E-state index < -0.39 is 0 Å². The topological polar surface area (TPSA) is 45.8 Å². The zero-order valence-electron chi connectivity index (χ0n) is 13.2. The van der Waals surface area contributed by atoms with Gasteiger partial charge in [-0.2, -0.15) is 0 Å². The van der Waals surface area contributed by atoms with Crippen LogP contribution in [0.25, 0.3) is 0 Å². The third-order valence-electron chi connectivity index (χ3n) is 5.21. The SMILES string of the molecule is CC(C)(C)C1CCC(c2nc(C3CC3)c(Br)c(=O)[nH]2)CC1. The van der Waals surface area contributed by atoms with Gasteiger partial charge in [0.15, 0.2) is 0 Å². The quantitative estimate of drug-likeness (QED) is 0.835. The van der Waals surface area contributed by atoms with Crippen molar-refractivity contribution in [2.45, 2.75) is 71.1 Å². The number of hydrogen-bond donors (Lipinski definition) is 1. The number of nitrogens with one attached hydrogen (secondary N) is 1. The number of halogens is 1. The molecule has 1 heterocycles. The largest absolute Gasteiger partial charge is 0.309 e. The highest BCUT2D eigenvalue weighted by Gasteiger charge is 2.33. The Kier molecular flexibility index (Phi) is 4.02. The maximum Gasteiger partial charge on any atom is 0.265 e. The van der Waals surface area contributed by atoms with Crippen LogP contribution in [0.4, 0.5) is 0 Å². The van der Waals surface area contributed by atoms with Gasteiger partial charge in [-0.15, -0.1) is 0 Å². The van der Waals surface area contributed by atoms with Crippen LogP contribution in [0.3, 0.4) is 0 Å². The van der Waals surface area contributed by atoms with Crippen LogP contribution in [0.5, 0.6) is 0 Å². The minimum Gasteiger partial charge on any atom is -0.309 e. The lowest BCUT2D eigenvalue weighted by Gasteiger charge is -2.36. The van der Waals surface area contributed by atoms with Crippen molar-refractivity contribution in [1.82, 2.24) is 9.97 Å². The summed E-state index contributed by atoms with van der Waals surface area (Å²) >= 11 is 3.41. The molecule has 3 rings (SSSR count). The third kappa shape index (κ3) is 3.25. The molecule has 0 bridgehead atoms. The second kappa shape index (κ2) is 5.53. The van der Waals surface area contributed by atoms with Gasteiger partial charge in [-0.1, -0.05) is 20.8 Å². The first-order chi connectivity index (χ1) is 9.86. The Balaban J connectivity index is 1.78. The van der Waals surface area contributed by atoms with Crippen LogP contribution in [0.15, 0.2) is 9.27 Å². The summed E-state index contributed by atoms with van der Waals surface area (Å²) in [6.45, 7) is 7.01. The van der Waals surface area contributed by atoms with Crippen LogP contribution in [0.1, 0.15) is 82.7 Å². The molecule has 1 aromatic heterocycles. The molecule has 2 aliphatic carbocycles. The summed E-state index contributed by atoms with van der Waals surface area (Å²) in [5, 5.41) is 0. The number of hydrogen-bond acceptors (Lipinski definition) is 2. The standard InChI is InChI=1S/C17H25BrN2O/c1-17(2,3)12-8-6-11(7-9-12)15-19-14(10-4-5-10)13(18)16(21)20-15/h10-12H,4-9H2,1-3H3,(H,19,20,21). The molecule has 0 atom stereocenters. The zero-order valence-corrected chi connectivity index (χ0v) is 14.8. The van der Waals surface area contributed by atoms with Crippen LogP contribution in [-0.4, -0.2) is 9.97 Å². The maximum absolute atomic E-state index is 12.1. The van der Waals surface area contributed by atoms with Crippen molar-refractivity contribution in [1.29, 1.82) is 0 Å². The highest BCUT2D eigenvalue weighted by Crippen LogP contribution is 2.44. The second-order valence-corrected chi connectivity index (χ2v) is 8.63. The molecule has 2 fully saturated rings. The Morgan fingerprint density at radius 2 is 1.62 bits per heavy atom. The van der Waals surface area contributed by atoms with Crippen molar-refractivity contribution < 1.29 is 0 Å². The molecule has 0 unspecified atom stereocenters. The number of H-pyrrole nitrogens is 1. The lowest BCUT2D eigenvalue weighted by molar-refractivity contribution is 0.167. The monoisotopic (exact) mass is 352 g/mol. The molecule has 116 valence electrons. The van der Waals surface area contributed by atoms with Crippen molar-refractivity contribution in [2.24, 2.45) is 11.3 Å². The minimum absolute atomic E-state index is 0.000144. The highest BCUT2D eigenvalue weighted by molar-refractivity contribution is 9.10. The molecule has 0 spiro atoms. The lowest BCUT2D eigenvalue weighted by Crippen LogP contribution is -2.27. The van der Waals surface area contributed by atoms with Crippen LogP contribution >= 0.6 is 15.9 Å². The van der Waals surface area contributed by atoms with E-state index in [1.807, 2.05) is 0 Å². The van der Waals surface area contributed by atoms with Crippen LogP contribution in [0.2, 0.25) is 0 Å². The van der Waals surface area contributed by atoms with Crippen molar-refractivity contribution in [3.05, 3.63) is 26.3 Å². The van der Waals surface area contributed by atoms with Crippen LogP contribution in [-0.2, 0) is 0 Å². The molecular weight excluding hydrogens is 328 g/mol. The van der Waals surface area contributed by atoms with Crippen molar-refractivity contribution in [3.63, 3.8) is 0 Å². The van der Waals surface area contributed by atoms with Crippen LogP contribution in [0, 0.1) is 11.3 Å². The first kappa shape index (κ1) is 15.3. The van der Waals surface area contributed by atoms with E-state index >= 15 is 0 Å². The number of rotatable bonds is 2.